The quantitative estimate of drug-likeness (QED) is 0.836. The van der Waals surface area contributed by atoms with Crippen LogP contribution in [0.2, 0.25) is 0 Å². The zero-order chi connectivity index (χ0) is 20.0. The van der Waals surface area contributed by atoms with E-state index in [2.05, 4.69) is 43.7 Å². The summed E-state index contributed by atoms with van der Waals surface area (Å²) >= 11 is 0. The Morgan fingerprint density at radius 3 is 2.66 bits per heavy atom. The molecule has 1 amide bonds. The number of hydrogen-bond donors (Lipinski definition) is 1. The van der Waals surface area contributed by atoms with E-state index >= 15 is 0 Å². The fraction of sp³-hybridized carbons (Fsp3) is 0.714. The van der Waals surface area contributed by atoms with Crippen molar-refractivity contribution in [3.8, 4) is 0 Å². The maximum Gasteiger partial charge on any atom is 0.257 e. The molecular weight excluding hydrogens is 366 g/mol. The lowest BCUT2D eigenvalue weighted by atomic mass is 9.95. The van der Waals surface area contributed by atoms with Crippen molar-refractivity contribution < 1.29 is 4.79 Å². The summed E-state index contributed by atoms with van der Waals surface area (Å²) in [5.41, 5.74) is 2.00. The first-order chi connectivity index (χ1) is 14.1. The van der Waals surface area contributed by atoms with E-state index in [1.165, 1.54) is 18.5 Å². The van der Waals surface area contributed by atoms with Crippen LogP contribution < -0.4 is 5.32 Å². The predicted molar refractivity (Wildman–Crippen MR) is 109 cm³/mol. The first-order valence-electron chi connectivity index (χ1n) is 11.1. The molecule has 29 heavy (non-hydrogen) atoms. The lowest BCUT2D eigenvalue weighted by Crippen LogP contribution is -2.39. The van der Waals surface area contributed by atoms with E-state index in [0.717, 1.165) is 69.3 Å². The van der Waals surface area contributed by atoms with Gasteiger partial charge in [-0.05, 0) is 31.6 Å². The molecule has 0 radical (unpaired) electrons. The van der Waals surface area contributed by atoms with Gasteiger partial charge in [0, 0.05) is 44.6 Å². The molecule has 2 aliphatic heterocycles. The second-order valence-corrected chi connectivity index (χ2v) is 9.16. The third kappa shape index (κ3) is 3.58. The molecule has 3 aliphatic rings. The fourth-order valence-electron chi connectivity index (χ4n) is 4.77. The van der Waals surface area contributed by atoms with Gasteiger partial charge in [0.15, 0.2) is 0 Å². The summed E-state index contributed by atoms with van der Waals surface area (Å²) in [5.74, 6) is 3.74. The highest BCUT2D eigenvalue weighted by Crippen LogP contribution is 2.42. The Labute approximate surface area is 171 Å². The number of piperidine rings is 1. The minimum atomic E-state index is 0.160. The van der Waals surface area contributed by atoms with Crippen LogP contribution in [0.15, 0.2) is 6.20 Å². The van der Waals surface area contributed by atoms with Crippen molar-refractivity contribution in [3.63, 3.8) is 0 Å². The van der Waals surface area contributed by atoms with E-state index in [9.17, 15) is 4.79 Å². The summed E-state index contributed by atoms with van der Waals surface area (Å²) in [7, 11) is 0. The van der Waals surface area contributed by atoms with Gasteiger partial charge in [-0.25, -0.2) is 0 Å². The van der Waals surface area contributed by atoms with Gasteiger partial charge >= 0.3 is 0 Å². The van der Waals surface area contributed by atoms with Crippen LogP contribution in [0.25, 0.3) is 0 Å². The van der Waals surface area contributed by atoms with Gasteiger partial charge in [-0.2, -0.15) is 5.10 Å². The minimum Gasteiger partial charge on any atom is -0.338 e. The summed E-state index contributed by atoms with van der Waals surface area (Å²) in [6, 6.07) is 0. The van der Waals surface area contributed by atoms with Gasteiger partial charge in [0.1, 0.15) is 11.6 Å². The normalized spacial score (nSPS) is 20.3. The highest BCUT2D eigenvalue weighted by atomic mass is 16.2. The smallest absolute Gasteiger partial charge is 0.257 e. The number of hydrogen-bond acceptors (Lipinski definition) is 5. The fourth-order valence-corrected chi connectivity index (χ4v) is 4.77. The van der Waals surface area contributed by atoms with Gasteiger partial charge in [-0.3, -0.25) is 9.48 Å². The lowest BCUT2D eigenvalue weighted by Gasteiger charge is -2.32. The minimum absolute atomic E-state index is 0.160. The zero-order valence-electron chi connectivity index (χ0n) is 17.5. The third-order valence-corrected chi connectivity index (χ3v) is 6.41. The molecule has 2 fully saturated rings. The van der Waals surface area contributed by atoms with E-state index in [4.69, 9.17) is 0 Å². The Balaban J connectivity index is 1.28. The van der Waals surface area contributed by atoms with Gasteiger partial charge in [-0.1, -0.05) is 13.8 Å². The van der Waals surface area contributed by atoms with Crippen molar-refractivity contribution in [1.29, 1.82) is 0 Å². The summed E-state index contributed by atoms with van der Waals surface area (Å²) in [6.45, 7) is 9.56. The van der Waals surface area contributed by atoms with Gasteiger partial charge in [0.2, 0.25) is 0 Å². The second-order valence-electron chi connectivity index (χ2n) is 9.16. The van der Waals surface area contributed by atoms with Crippen LogP contribution in [-0.2, 0) is 19.6 Å². The van der Waals surface area contributed by atoms with Crippen LogP contribution in [0.1, 0.15) is 79.1 Å². The Morgan fingerprint density at radius 2 is 1.93 bits per heavy atom. The Bertz CT molecular complexity index is 887. The number of nitrogens with one attached hydrogen (secondary N) is 1. The third-order valence-electron chi connectivity index (χ3n) is 6.41. The van der Waals surface area contributed by atoms with E-state index in [1.54, 1.807) is 0 Å². The van der Waals surface area contributed by atoms with Crippen molar-refractivity contribution in [2.75, 3.05) is 19.6 Å². The van der Waals surface area contributed by atoms with Crippen molar-refractivity contribution >= 4 is 5.91 Å². The molecule has 2 aromatic rings. The summed E-state index contributed by atoms with van der Waals surface area (Å²) in [5, 5.41) is 16.8. The highest BCUT2D eigenvalue weighted by molar-refractivity contribution is 5.95. The van der Waals surface area contributed by atoms with Gasteiger partial charge < -0.3 is 14.8 Å². The Morgan fingerprint density at radius 1 is 1.14 bits per heavy atom. The van der Waals surface area contributed by atoms with E-state index in [1.807, 2.05) is 11.1 Å². The van der Waals surface area contributed by atoms with E-state index in [0.29, 0.717) is 17.8 Å². The molecule has 8 nitrogen and oxygen atoms in total. The second kappa shape index (κ2) is 7.55. The molecule has 4 heterocycles. The number of nitrogens with zero attached hydrogens (tertiary/aromatic N) is 6. The van der Waals surface area contributed by atoms with Crippen molar-refractivity contribution in [1.82, 2.24) is 34.8 Å². The molecule has 2 aromatic heterocycles. The average Bonchev–Trinajstić information content (AvgIpc) is 3.34. The molecule has 1 saturated carbocycles. The topological polar surface area (TPSA) is 80.9 Å². The number of aromatic nitrogens is 5. The molecule has 0 bridgehead atoms. The van der Waals surface area contributed by atoms with Crippen molar-refractivity contribution in [3.05, 3.63) is 29.1 Å². The van der Waals surface area contributed by atoms with Crippen molar-refractivity contribution in [2.45, 2.75) is 71.0 Å². The standard InChI is InChI=1S/C21H31N7O/c1-14(2)13-28-19(15-3-4-15)17(11-23-28)21(29)26-8-5-16(6-9-26)20-25-24-18-12-22-7-10-27(18)20/h11,14-16,22H,3-10,12-13H2,1-2H3. The van der Waals surface area contributed by atoms with E-state index < -0.39 is 0 Å². The molecule has 0 spiro atoms. The van der Waals surface area contributed by atoms with Crippen LogP contribution in [0.5, 0.6) is 0 Å². The van der Waals surface area contributed by atoms with Gasteiger partial charge in [0.25, 0.3) is 5.91 Å². The van der Waals surface area contributed by atoms with Crippen LogP contribution in [-0.4, -0.2) is 55.0 Å². The molecule has 5 rings (SSSR count). The van der Waals surface area contributed by atoms with Crippen LogP contribution in [0, 0.1) is 5.92 Å². The summed E-state index contributed by atoms with van der Waals surface area (Å²) < 4.78 is 4.36. The van der Waals surface area contributed by atoms with E-state index in [-0.39, 0.29) is 5.91 Å². The molecule has 0 atom stereocenters. The Hall–Kier alpha value is -2.22. The van der Waals surface area contributed by atoms with Crippen LogP contribution in [0.4, 0.5) is 0 Å². The monoisotopic (exact) mass is 397 g/mol. The molecule has 8 heteroatoms. The number of amides is 1. The van der Waals surface area contributed by atoms with Crippen molar-refractivity contribution in [2.24, 2.45) is 5.92 Å². The molecule has 1 N–H and O–H groups in total. The molecule has 156 valence electrons. The number of likely N-dealkylation sites (tertiary alicyclic amines) is 1. The average molecular weight is 398 g/mol. The molecule has 1 saturated heterocycles. The number of rotatable bonds is 5. The van der Waals surface area contributed by atoms with Crippen LogP contribution >= 0.6 is 0 Å². The maximum atomic E-state index is 13.3. The van der Waals surface area contributed by atoms with Gasteiger partial charge in [0.05, 0.1) is 24.0 Å². The number of carbonyl (C=O) groups is 1. The molecule has 0 aromatic carbocycles. The first kappa shape index (κ1) is 18.8. The molecular formula is C21H31N7O. The maximum absolute atomic E-state index is 13.3. The molecule has 0 unspecified atom stereocenters. The SMILES string of the molecule is CC(C)Cn1ncc(C(=O)N2CCC(c3nnc4n3CCNC4)CC2)c1C1CC1. The first-order valence-corrected chi connectivity index (χ1v) is 11.1. The van der Waals surface area contributed by atoms with Gasteiger partial charge in [-0.15, -0.1) is 10.2 Å². The summed E-state index contributed by atoms with van der Waals surface area (Å²) in [4.78, 5) is 15.3. The number of carbonyl (C=O) groups excluding carboxylic acids is 1. The largest absolute Gasteiger partial charge is 0.338 e. The number of fused-ring (bicyclic) bond motifs is 1. The highest BCUT2D eigenvalue weighted by Gasteiger charge is 2.35. The summed E-state index contributed by atoms with van der Waals surface area (Å²) in [6.07, 6.45) is 6.08. The van der Waals surface area contributed by atoms with Crippen LogP contribution in [0.3, 0.4) is 0 Å². The Kier molecular flexibility index (Phi) is 4.89. The molecule has 1 aliphatic carbocycles. The predicted octanol–water partition coefficient (Wildman–Crippen LogP) is 2.13. The lowest BCUT2D eigenvalue weighted by molar-refractivity contribution is 0.0708. The zero-order valence-corrected chi connectivity index (χ0v) is 17.5.